The van der Waals surface area contributed by atoms with Crippen molar-refractivity contribution in [3.05, 3.63) is 108 Å². The molecule has 0 bridgehead atoms. The molecule has 4 heterocycles. The van der Waals surface area contributed by atoms with Gasteiger partial charge in [0.25, 0.3) is 0 Å². The Balaban J connectivity index is 1.07. The standard InChI is InChI=1S/C39H43N5O4/c1-38(2,3)48-37(45)43-23-20-39(27-43)18-21-42(22-19-39)31-14-15-33-32(24-31)40-28-44(33)34-16-17-35(46-25-29-10-6-4-7-11-29)41-36(34)47-26-30-12-8-5-9-13-30/h4-17,24,28H,18-23,25-27H2,1-3H3. The van der Waals surface area contributed by atoms with E-state index in [0.717, 1.165) is 79.0 Å². The molecule has 1 spiro atoms. The highest BCUT2D eigenvalue weighted by molar-refractivity contribution is 5.82. The van der Waals surface area contributed by atoms with E-state index in [4.69, 9.17) is 24.2 Å². The Kier molecular flexibility index (Phi) is 8.69. The number of nitrogens with zero attached hydrogens (tertiary/aromatic N) is 5. The number of likely N-dealkylation sites (tertiary alicyclic amines) is 1. The average Bonchev–Trinajstić information content (AvgIpc) is 3.71. The normalized spacial score (nSPS) is 16.0. The molecule has 3 aromatic carbocycles. The largest absolute Gasteiger partial charge is 0.473 e. The van der Waals surface area contributed by atoms with Gasteiger partial charge in [-0.1, -0.05) is 60.7 Å². The highest BCUT2D eigenvalue weighted by Crippen LogP contribution is 2.42. The van der Waals surface area contributed by atoms with E-state index in [0.29, 0.717) is 25.0 Å². The van der Waals surface area contributed by atoms with Crippen molar-refractivity contribution >= 4 is 22.8 Å². The number of carbonyl (C=O) groups excluding carboxylic acids is 1. The minimum atomic E-state index is -0.477. The molecule has 0 N–H and O–H groups in total. The summed E-state index contributed by atoms with van der Waals surface area (Å²) in [7, 11) is 0. The lowest BCUT2D eigenvalue weighted by Crippen LogP contribution is -2.43. The summed E-state index contributed by atoms with van der Waals surface area (Å²) in [4.78, 5) is 26.6. The summed E-state index contributed by atoms with van der Waals surface area (Å²) in [5.74, 6) is 0.975. The van der Waals surface area contributed by atoms with Crippen molar-refractivity contribution in [2.24, 2.45) is 5.41 Å². The average molecular weight is 646 g/mol. The third kappa shape index (κ3) is 7.10. The molecule has 9 nitrogen and oxygen atoms in total. The molecule has 2 aliphatic rings. The third-order valence-corrected chi connectivity index (χ3v) is 9.33. The molecular weight excluding hydrogens is 602 g/mol. The summed E-state index contributed by atoms with van der Waals surface area (Å²) < 4.78 is 20.0. The fourth-order valence-corrected chi connectivity index (χ4v) is 6.70. The smallest absolute Gasteiger partial charge is 0.410 e. The van der Waals surface area contributed by atoms with Crippen molar-refractivity contribution in [3.63, 3.8) is 0 Å². The predicted octanol–water partition coefficient (Wildman–Crippen LogP) is 7.81. The number of fused-ring (bicyclic) bond motifs is 1. The summed E-state index contributed by atoms with van der Waals surface area (Å²) in [6.45, 7) is 9.99. The van der Waals surface area contributed by atoms with E-state index in [2.05, 4.69) is 23.1 Å². The maximum atomic E-state index is 12.7. The van der Waals surface area contributed by atoms with Crippen LogP contribution in [0.25, 0.3) is 16.7 Å². The van der Waals surface area contributed by atoms with Crippen LogP contribution < -0.4 is 14.4 Å². The van der Waals surface area contributed by atoms with Gasteiger partial charge in [-0.3, -0.25) is 4.57 Å². The second-order valence-corrected chi connectivity index (χ2v) is 13.9. The summed E-state index contributed by atoms with van der Waals surface area (Å²) in [6.07, 6.45) is 4.76. The molecule has 0 unspecified atom stereocenters. The minimum absolute atomic E-state index is 0.166. The fourth-order valence-electron chi connectivity index (χ4n) is 6.70. The Labute approximate surface area is 282 Å². The van der Waals surface area contributed by atoms with Crippen molar-refractivity contribution in [2.45, 2.75) is 58.8 Å². The number of imidazole rings is 1. The van der Waals surface area contributed by atoms with E-state index in [-0.39, 0.29) is 11.5 Å². The van der Waals surface area contributed by atoms with E-state index < -0.39 is 5.60 Å². The van der Waals surface area contributed by atoms with Crippen molar-refractivity contribution < 1.29 is 19.0 Å². The monoisotopic (exact) mass is 645 g/mol. The molecule has 248 valence electrons. The molecule has 1 amide bonds. The molecule has 0 radical (unpaired) electrons. The van der Waals surface area contributed by atoms with Crippen LogP contribution in [0.15, 0.2) is 97.3 Å². The number of aromatic nitrogens is 3. The Morgan fingerprint density at radius 2 is 1.48 bits per heavy atom. The van der Waals surface area contributed by atoms with Crippen LogP contribution in [-0.2, 0) is 18.0 Å². The topological polar surface area (TPSA) is 82.0 Å². The van der Waals surface area contributed by atoms with E-state index in [1.807, 2.05) is 109 Å². The van der Waals surface area contributed by atoms with Gasteiger partial charge in [-0.15, -0.1) is 0 Å². The first-order valence-electron chi connectivity index (χ1n) is 16.8. The number of rotatable bonds is 8. The third-order valence-electron chi connectivity index (χ3n) is 9.33. The van der Waals surface area contributed by atoms with Gasteiger partial charge < -0.3 is 24.0 Å². The molecule has 5 aromatic rings. The zero-order chi connectivity index (χ0) is 33.1. The first kappa shape index (κ1) is 31.5. The van der Waals surface area contributed by atoms with Gasteiger partial charge in [-0.05, 0) is 80.8 Å². The molecule has 2 fully saturated rings. The summed E-state index contributed by atoms with van der Waals surface area (Å²) in [5, 5.41) is 0. The highest BCUT2D eigenvalue weighted by Gasteiger charge is 2.43. The number of hydrogen-bond donors (Lipinski definition) is 0. The van der Waals surface area contributed by atoms with Crippen LogP contribution in [0.4, 0.5) is 10.5 Å². The van der Waals surface area contributed by atoms with Gasteiger partial charge in [0, 0.05) is 37.9 Å². The number of pyridine rings is 1. The lowest BCUT2D eigenvalue weighted by Gasteiger charge is -2.40. The molecule has 0 atom stereocenters. The molecule has 2 aliphatic heterocycles. The number of ether oxygens (including phenoxy) is 3. The lowest BCUT2D eigenvalue weighted by atomic mass is 9.77. The fraction of sp³-hybridized carbons (Fsp3) is 0.359. The van der Waals surface area contributed by atoms with Gasteiger partial charge >= 0.3 is 6.09 Å². The van der Waals surface area contributed by atoms with Crippen LogP contribution in [-0.4, -0.2) is 57.3 Å². The number of piperidine rings is 1. The van der Waals surface area contributed by atoms with Gasteiger partial charge in [0.15, 0.2) is 0 Å². The van der Waals surface area contributed by atoms with Gasteiger partial charge in [0.05, 0.1) is 11.0 Å². The molecule has 7 rings (SSSR count). The first-order valence-corrected chi connectivity index (χ1v) is 16.8. The quantitative estimate of drug-likeness (QED) is 0.170. The van der Waals surface area contributed by atoms with E-state index >= 15 is 0 Å². The maximum Gasteiger partial charge on any atom is 0.410 e. The van der Waals surface area contributed by atoms with Crippen LogP contribution in [0.3, 0.4) is 0 Å². The number of benzene rings is 3. The molecule has 48 heavy (non-hydrogen) atoms. The molecule has 0 saturated carbocycles. The lowest BCUT2D eigenvalue weighted by molar-refractivity contribution is 0.0266. The molecule has 2 saturated heterocycles. The van der Waals surface area contributed by atoms with Crippen LogP contribution >= 0.6 is 0 Å². The maximum absolute atomic E-state index is 12.7. The Hall–Kier alpha value is -5.05. The number of carbonyl (C=O) groups is 1. The second-order valence-electron chi connectivity index (χ2n) is 13.9. The first-order chi connectivity index (χ1) is 23.2. The minimum Gasteiger partial charge on any atom is -0.473 e. The van der Waals surface area contributed by atoms with Gasteiger partial charge in [-0.2, -0.15) is 4.98 Å². The molecule has 9 heteroatoms. The summed E-state index contributed by atoms with van der Waals surface area (Å²) in [5.41, 5.74) is 5.65. The number of hydrogen-bond acceptors (Lipinski definition) is 7. The Bertz CT molecular complexity index is 1860. The Morgan fingerprint density at radius 1 is 0.812 bits per heavy atom. The van der Waals surface area contributed by atoms with Crippen LogP contribution in [0.5, 0.6) is 11.8 Å². The van der Waals surface area contributed by atoms with Gasteiger partial charge in [0.1, 0.15) is 30.8 Å². The van der Waals surface area contributed by atoms with Crippen molar-refractivity contribution in [1.82, 2.24) is 19.4 Å². The van der Waals surface area contributed by atoms with Crippen LogP contribution in [0.2, 0.25) is 0 Å². The Morgan fingerprint density at radius 3 is 2.17 bits per heavy atom. The molecule has 2 aromatic heterocycles. The number of anilines is 1. The van der Waals surface area contributed by atoms with Gasteiger partial charge in [0.2, 0.25) is 11.8 Å². The predicted molar refractivity (Wildman–Crippen MR) is 187 cm³/mol. The van der Waals surface area contributed by atoms with Crippen molar-refractivity contribution in [1.29, 1.82) is 0 Å². The highest BCUT2D eigenvalue weighted by atomic mass is 16.6. The van der Waals surface area contributed by atoms with Crippen LogP contribution in [0.1, 0.15) is 51.2 Å². The second kappa shape index (κ2) is 13.2. The SMILES string of the molecule is CC(C)(C)OC(=O)N1CCC2(CCN(c3ccc4c(c3)ncn4-c3ccc(OCc4ccccc4)nc3OCc3ccccc3)CC2)C1. The van der Waals surface area contributed by atoms with Crippen molar-refractivity contribution in [2.75, 3.05) is 31.1 Å². The molecule has 0 aliphatic carbocycles. The zero-order valence-corrected chi connectivity index (χ0v) is 28.0. The summed E-state index contributed by atoms with van der Waals surface area (Å²) in [6, 6.07) is 30.5. The number of amides is 1. The van der Waals surface area contributed by atoms with E-state index in [1.165, 1.54) is 0 Å². The van der Waals surface area contributed by atoms with Gasteiger partial charge in [-0.25, -0.2) is 9.78 Å². The summed E-state index contributed by atoms with van der Waals surface area (Å²) >= 11 is 0. The zero-order valence-electron chi connectivity index (χ0n) is 28.0. The van der Waals surface area contributed by atoms with Crippen molar-refractivity contribution in [3.8, 4) is 17.4 Å². The molecular formula is C39H43N5O4. The van der Waals surface area contributed by atoms with E-state index in [9.17, 15) is 4.79 Å². The van der Waals surface area contributed by atoms with E-state index in [1.54, 1.807) is 0 Å². The van der Waals surface area contributed by atoms with Crippen LogP contribution in [0, 0.1) is 5.41 Å².